The Bertz CT molecular complexity index is 353. The Kier molecular flexibility index (Phi) is 8.16. The van der Waals surface area contributed by atoms with E-state index in [4.69, 9.17) is 0 Å². The molecule has 2 aliphatic heterocycles. The fraction of sp³-hybridized carbons (Fsp3) is 0.889. The molecule has 0 atom stereocenters. The van der Waals surface area contributed by atoms with Gasteiger partial charge in [-0.3, -0.25) is 9.80 Å². The second-order valence-electron chi connectivity index (χ2n) is 8.60. The molecule has 0 unspecified atom stereocenters. The third-order valence-corrected chi connectivity index (χ3v) is 11.2. The van der Waals surface area contributed by atoms with Crippen molar-refractivity contribution in [2.24, 2.45) is 0 Å². The van der Waals surface area contributed by atoms with Gasteiger partial charge in [-0.25, -0.2) is 0 Å². The van der Waals surface area contributed by atoms with E-state index in [0.29, 0.717) is 0 Å². The van der Waals surface area contributed by atoms with E-state index in [2.05, 4.69) is 59.1 Å². The summed E-state index contributed by atoms with van der Waals surface area (Å²) in [6.45, 7) is 19.0. The highest BCUT2D eigenvalue weighted by atomic mass is 28.3. The van der Waals surface area contributed by atoms with E-state index < -0.39 is 8.07 Å². The maximum atomic E-state index is 4.05. The fourth-order valence-electron chi connectivity index (χ4n) is 3.85. The zero-order chi connectivity index (χ0) is 17.6. The van der Waals surface area contributed by atoms with E-state index in [1.165, 1.54) is 70.9 Å². The Morgan fingerprint density at radius 2 is 1.38 bits per heavy atom. The average Bonchev–Trinajstić information content (AvgIpc) is 2.57. The first-order valence-corrected chi connectivity index (χ1v) is 15.0. The lowest BCUT2D eigenvalue weighted by molar-refractivity contribution is 0.0311. The van der Waals surface area contributed by atoms with Crippen LogP contribution in [0.1, 0.15) is 6.42 Å². The van der Waals surface area contributed by atoms with Crippen LogP contribution in [0.2, 0.25) is 25.2 Å². The highest BCUT2D eigenvalue weighted by Gasteiger charge is 2.29. The van der Waals surface area contributed by atoms with Gasteiger partial charge in [0.05, 0.1) is 17.6 Å². The molecule has 0 amide bonds. The van der Waals surface area contributed by atoms with E-state index in [-0.39, 0.29) is 9.52 Å². The second-order valence-corrected chi connectivity index (χ2v) is 15.5. The predicted molar refractivity (Wildman–Crippen MR) is 112 cm³/mol. The molecule has 4 nitrogen and oxygen atoms in total. The van der Waals surface area contributed by atoms with Gasteiger partial charge in [-0.1, -0.05) is 31.6 Å². The summed E-state index contributed by atoms with van der Waals surface area (Å²) in [5, 5.41) is 0. The standard InChI is InChI=1S/C18H40N4Si2/c1-6-24(4,5)17-7-16-23-18(21-12-8-19(2)9-13-21)22-14-10-20(3)11-15-22/h6,18H,1,7-17,23H2,2-5H3. The molecule has 24 heavy (non-hydrogen) atoms. The molecule has 2 aliphatic rings. The van der Waals surface area contributed by atoms with Crippen molar-refractivity contribution in [1.82, 2.24) is 19.6 Å². The molecule has 0 aromatic rings. The number of hydrogen-bond acceptors (Lipinski definition) is 4. The van der Waals surface area contributed by atoms with E-state index in [9.17, 15) is 0 Å². The molecule has 6 heteroatoms. The van der Waals surface area contributed by atoms with Gasteiger partial charge in [0.2, 0.25) is 0 Å². The summed E-state index contributed by atoms with van der Waals surface area (Å²) >= 11 is 0. The Morgan fingerprint density at radius 1 is 0.917 bits per heavy atom. The SMILES string of the molecule is C=C[Si](C)(C)CCC[SiH2]C(N1CCN(C)CC1)N1CCN(C)CC1. The molecule has 0 radical (unpaired) electrons. The Labute approximate surface area is 153 Å². The summed E-state index contributed by atoms with van der Waals surface area (Å²) in [4.78, 5) is 10.6. The normalized spacial score (nSPS) is 23.5. The number of hydrogen-bond donors (Lipinski definition) is 0. The van der Waals surface area contributed by atoms with Crippen molar-refractivity contribution in [1.29, 1.82) is 0 Å². The highest BCUT2D eigenvalue weighted by molar-refractivity contribution is 6.82. The summed E-state index contributed by atoms with van der Waals surface area (Å²) in [5.74, 6) is 0.806. The van der Waals surface area contributed by atoms with E-state index in [1.54, 1.807) is 0 Å². The molecule has 0 aliphatic carbocycles. The Balaban J connectivity index is 1.86. The van der Waals surface area contributed by atoms with Crippen LogP contribution in [-0.4, -0.2) is 109 Å². The maximum Gasteiger partial charge on any atom is 0.0709 e. The van der Waals surface area contributed by atoms with Crippen molar-refractivity contribution in [2.75, 3.05) is 66.5 Å². The molecular weight excluding hydrogens is 328 g/mol. The minimum absolute atomic E-state index is 0.0721. The summed E-state index contributed by atoms with van der Waals surface area (Å²) < 4.78 is 0. The summed E-state index contributed by atoms with van der Waals surface area (Å²) in [6, 6.07) is 2.94. The van der Waals surface area contributed by atoms with Crippen molar-refractivity contribution < 1.29 is 0 Å². The minimum atomic E-state index is -1.10. The molecule has 0 bridgehead atoms. The van der Waals surface area contributed by atoms with Crippen LogP contribution in [0.4, 0.5) is 0 Å². The lowest BCUT2D eigenvalue weighted by Crippen LogP contribution is -2.61. The van der Waals surface area contributed by atoms with Gasteiger partial charge in [0.15, 0.2) is 0 Å². The van der Waals surface area contributed by atoms with Crippen LogP contribution in [0.3, 0.4) is 0 Å². The lowest BCUT2D eigenvalue weighted by Gasteiger charge is -2.46. The molecule has 2 saturated heterocycles. The third kappa shape index (κ3) is 6.39. The van der Waals surface area contributed by atoms with Crippen LogP contribution in [-0.2, 0) is 0 Å². The smallest absolute Gasteiger partial charge is 0.0709 e. The molecule has 2 fully saturated rings. The predicted octanol–water partition coefficient (Wildman–Crippen LogP) is 1.18. The first kappa shape index (κ1) is 20.3. The molecule has 0 spiro atoms. The molecule has 0 aromatic carbocycles. The van der Waals surface area contributed by atoms with Crippen LogP contribution in [0, 0.1) is 0 Å². The van der Waals surface area contributed by atoms with Crippen molar-refractivity contribution in [3.63, 3.8) is 0 Å². The number of rotatable bonds is 8. The number of nitrogens with zero attached hydrogens (tertiary/aromatic N) is 4. The summed E-state index contributed by atoms with van der Waals surface area (Å²) in [5.41, 5.74) is 2.27. The molecular formula is C18H40N4Si2. The van der Waals surface area contributed by atoms with Crippen LogP contribution in [0.5, 0.6) is 0 Å². The van der Waals surface area contributed by atoms with Crippen molar-refractivity contribution in [2.45, 2.75) is 37.4 Å². The fourth-order valence-corrected chi connectivity index (χ4v) is 8.08. The largest absolute Gasteiger partial charge is 0.304 e. The molecule has 140 valence electrons. The van der Waals surface area contributed by atoms with E-state index in [1.807, 2.05) is 0 Å². The first-order chi connectivity index (χ1) is 11.4. The van der Waals surface area contributed by atoms with E-state index in [0.717, 1.165) is 5.79 Å². The van der Waals surface area contributed by atoms with Gasteiger partial charge in [-0.2, -0.15) is 0 Å². The number of likely N-dealkylation sites (N-methyl/N-ethyl adjacent to an activating group) is 2. The Morgan fingerprint density at radius 3 is 1.79 bits per heavy atom. The zero-order valence-electron chi connectivity index (χ0n) is 16.6. The summed E-state index contributed by atoms with van der Waals surface area (Å²) in [6.07, 6.45) is 1.44. The molecule has 0 N–H and O–H groups in total. The maximum absolute atomic E-state index is 4.05. The van der Waals surface area contributed by atoms with Crippen molar-refractivity contribution in [3.8, 4) is 0 Å². The van der Waals surface area contributed by atoms with Crippen LogP contribution >= 0.6 is 0 Å². The van der Waals surface area contributed by atoms with Crippen LogP contribution < -0.4 is 0 Å². The molecule has 0 aromatic heterocycles. The van der Waals surface area contributed by atoms with Gasteiger partial charge in [0, 0.05) is 58.1 Å². The minimum Gasteiger partial charge on any atom is -0.304 e. The van der Waals surface area contributed by atoms with Gasteiger partial charge in [-0.05, 0) is 14.1 Å². The highest BCUT2D eigenvalue weighted by Crippen LogP contribution is 2.17. The quantitative estimate of drug-likeness (QED) is 0.471. The Hall–Kier alpha value is 0.0138. The molecule has 2 rings (SSSR count). The number of piperazine rings is 2. The van der Waals surface area contributed by atoms with Gasteiger partial charge < -0.3 is 9.80 Å². The molecule has 0 saturated carbocycles. The van der Waals surface area contributed by atoms with Gasteiger partial charge in [0.1, 0.15) is 0 Å². The van der Waals surface area contributed by atoms with Crippen molar-refractivity contribution in [3.05, 3.63) is 12.3 Å². The van der Waals surface area contributed by atoms with Gasteiger partial charge in [0.25, 0.3) is 0 Å². The molecule has 2 heterocycles. The van der Waals surface area contributed by atoms with Crippen molar-refractivity contribution >= 4 is 17.6 Å². The van der Waals surface area contributed by atoms with Crippen LogP contribution in [0.25, 0.3) is 0 Å². The van der Waals surface area contributed by atoms with Crippen LogP contribution in [0.15, 0.2) is 12.3 Å². The first-order valence-electron chi connectivity index (χ1n) is 9.90. The van der Waals surface area contributed by atoms with Gasteiger partial charge >= 0.3 is 0 Å². The third-order valence-electron chi connectivity index (χ3n) is 6.00. The lowest BCUT2D eigenvalue weighted by atomic mass is 10.3. The zero-order valence-corrected chi connectivity index (χ0v) is 19.1. The van der Waals surface area contributed by atoms with Gasteiger partial charge in [-0.15, -0.1) is 12.3 Å². The van der Waals surface area contributed by atoms with E-state index >= 15 is 0 Å². The monoisotopic (exact) mass is 368 g/mol. The summed E-state index contributed by atoms with van der Waals surface area (Å²) in [7, 11) is 3.36. The average molecular weight is 369 g/mol. The second kappa shape index (κ2) is 9.64. The topological polar surface area (TPSA) is 13.0 Å².